The number of amides is 2. The molecule has 0 spiro atoms. The fourth-order valence-corrected chi connectivity index (χ4v) is 3.66. The molecule has 1 aromatic rings. The number of likely N-dealkylation sites (N-methyl/N-ethyl adjacent to an activating group) is 2. The highest BCUT2D eigenvalue weighted by molar-refractivity contribution is 5.75. The van der Waals surface area contributed by atoms with E-state index in [4.69, 9.17) is 0 Å². The predicted octanol–water partition coefficient (Wildman–Crippen LogP) is 1.61. The van der Waals surface area contributed by atoms with Crippen molar-refractivity contribution in [3.05, 3.63) is 35.9 Å². The SMILES string of the molecule is CN[C@H]1CCN(C(=O)N(C)[C@@H]2CCN(Cc3ccccc3)C2)C1. The Morgan fingerprint density at radius 1 is 1.22 bits per heavy atom. The van der Waals surface area contributed by atoms with Gasteiger partial charge in [0.25, 0.3) is 0 Å². The van der Waals surface area contributed by atoms with Crippen molar-refractivity contribution in [1.29, 1.82) is 0 Å². The second kappa shape index (κ2) is 7.32. The number of carbonyl (C=O) groups is 1. The number of nitrogens with zero attached hydrogens (tertiary/aromatic N) is 3. The van der Waals surface area contributed by atoms with Crippen molar-refractivity contribution >= 4 is 6.03 Å². The van der Waals surface area contributed by atoms with E-state index in [1.807, 2.05) is 23.9 Å². The van der Waals surface area contributed by atoms with E-state index in [1.54, 1.807) is 0 Å². The molecule has 1 aromatic carbocycles. The molecule has 2 aliphatic heterocycles. The Morgan fingerprint density at radius 2 is 2.00 bits per heavy atom. The Bertz CT molecular complexity index is 521. The lowest BCUT2D eigenvalue weighted by atomic mass is 10.2. The van der Waals surface area contributed by atoms with Gasteiger partial charge in [0.2, 0.25) is 0 Å². The van der Waals surface area contributed by atoms with Crippen LogP contribution in [0.1, 0.15) is 18.4 Å². The number of benzene rings is 1. The van der Waals surface area contributed by atoms with E-state index < -0.39 is 0 Å². The molecule has 0 unspecified atom stereocenters. The third kappa shape index (κ3) is 3.85. The predicted molar refractivity (Wildman–Crippen MR) is 92.3 cm³/mol. The molecule has 2 aliphatic rings. The summed E-state index contributed by atoms with van der Waals surface area (Å²) in [5, 5.41) is 3.27. The van der Waals surface area contributed by atoms with Gasteiger partial charge >= 0.3 is 6.03 Å². The van der Waals surface area contributed by atoms with Gasteiger partial charge < -0.3 is 15.1 Å². The zero-order chi connectivity index (χ0) is 16.2. The lowest BCUT2D eigenvalue weighted by Crippen LogP contribution is -2.46. The molecule has 2 fully saturated rings. The van der Waals surface area contributed by atoms with Crippen LogP contribution in [-0.4, -0.2) is 73.1 Å². The smallest absolute Gasteiger partial charge is 0.320 e. The van der Waals surface area contributed by atoms with Gasteiger partial charge in [0, 0.05) is 51.9 Å². The van der Waals surface area contributed by atoms with E-state index in [2.05, 4.69) is 40.5 Å². The first-order chi connectivity index (χ1) is 11.2. The first-order valence-corrected chi connectivity index (χ1v) is 8.62. The number of rotatable bonds is 4. The Morgan fingerprint density at radius 3 is 2.70 bits per heavy atom. The Labute approximate surface area is 139 Å². The molecule has 2 heterocycles. The van der Waals surface area contributed by atoms with Gasteiger partial charge in [-0.25, -0.2) is 4.79 Å². The zero-order valence-electron chi connectivity index (χ0n) is 14.2. The average Bonchev–Trinajstić information content (AvgIpc) is 3.23. The van der Waals surface area contributed by atoms with E-state index in [0.29, 0.717) is 12.1 Å². The summed E-state index contributed by atoms with van der Waals surface area (Å²) in [4.78, 5) is 19.1. The third-order valence-corrected chi connectivity index (χ3v) is 5.21. The zero-order valence-corrected chi connectivity index (χ0v) is 14.2. The maximum Gasteiger partial charge on any atom is 0.320 e. The van der Waals surface area contributed by atoms with Crippen LogP contribution in [-0.2, 0) is 6.54 Å². The second-order valence-corrected chi connectivity index (χ2v) is 6.78. The lowest BCUT2D eigenvalue weighted by molar-refractivity contribution is 0.154. The molecule has 0 radical (unpaired) electrons. The molecule has 5 nitrogen and oxygen atoms in total. The molecule has 0 aromatic heterocycles. The van der Waals surface area contributed by atoms with Gasteiger partial charge in [0.15, 0.2) is 0 Å². The minimum atomic E-state index is 0.189. The van der Waals surface area contributed by atoms with Gasteiger partial charge in [0.1, 0.15) is 0 Å². The average molecular weight is 316 g/mol. The molecule has 1 N–H and O–H groups in total. The molecule has 2 atom stereocenters. The number of urea groups is 1. The first kappa shape index (κ1) is 16.3. The molecule has 0 aliphatic carbocycles. The van der Waals surface area contributed by atoms with Crippen LogP contribution in [0, 0.1) is 0 Å². The van der Waals surface area contributed by atoms with Gasteiger partial charge in [-0.05, 0) is 25.5 Å². The molecule has 23 heavy (non-hydrogen) atoms. The highest BCUT2D eigenvalue weighted by Crippen LogP contribution is 2.20. The fraction of sp³-hybridized carbons (Fsp3) is 0.611. The van der Waals surface area contributed by atoms with Gasteiger partial charge in [0.05, 0.1) is 0 Å². The fourth-order valence-electron chi connectivity index (χ4n) is 3.66. The quantitative estimate of drug-likeness (QED) is 0.917. The summed E-state index contributed by atoms with van der Waals surface area (Å²) in [7, 11) is 3.94. The van der Waals surface area contributed by atoms with E-state index in [0.717, 1.165) is 45.6 Å². The monoisotopic (exact) mass is 316 g/mol. The van der Waals surface area contributed by atoms with Gasteiger partial charge in [-0.2, -0.15) is 0 Å². The van der Waals surface area contributed by atoms with Crippen molar-refractivity contribution in [1.82, 2.24) is 20.0 Å². The van der Waals surface area contributed by atoms with Crippen LogP contribution < -0.4 is 5.32 Å². The van der Waals surface area contributed by atoms with Crippen LogP contribution >= 0.6 is 0 Å². The van der Waals surface area contributed by atoms with Crippen LogP contribution in [0.15, 0.2) is 30.3 Å². The molecule has 0 saturated carbocycles. The van der Waals surface area contributed by atoms with E-state index in [-0.39, 0.29) is 6.03 Å². The highest BCUT2D eigenvalue weighted by Gasteiger charge is 2.33. The maximum absolute atomic E-state index is 12.7. The van der Waals surface area contributed by atoms with Gasteiger partial charge in [-0.15, -0.1) is 0 Å². The van der Waals surface area contributed by atoms with E-state index in [1.165, 1.54) is 5.56 Å². The summed E-state index contributed by atoms with van der Waals surface area (Å²) in [6.07, 6.45) is 2.12. The molecule has 0 bridgehead atoms. The van der Waals surface area contributed by atoms with E-state index >= 15 is 0 Å². The molecular formula is C18H28N4O. The van der Waals surface area contributed by atoms with Gasteiger partial charge in [-0.1, -0.05) is 30.3 Å². The lowest BCUT2D eigenvalue weighted by Gasteiger charge is -2.29. The van der Waals surface area contributed by atoms with Crippen molar-refractivity contribution in [3.63, 3.8) is 0 Å². The van der Waals surface area contributed by atoms with Crippen LogP contribution in [0.3, 0.4) is 0 Å². The summed E-state index contributed by atoms with van der Waals surface area (Å²) >= 11 is 0. The number of likely N-dealkylation sites (tertiary alicyclic amines) is 2. The van der Waals surface area contributed by atoms with Crippen molar-refractivity contribution in [2.45, 2.75) is 31.5 Å². The number of hydrogen-bond acceptors (Lipinski definition) is 3. The van der Waals surface area contributed by atoms with Crippen LogP contribution in [0.2, 0.25) is 0 Å². The molecule has 5 heteroatoms. The maximum atomic E-state index is 12.7. The first-order valence-electron chi connectivity index (χ1n) is 8.62. The number of hydrogen-bond donors (Lipinski definition) is 1. The summed E-state index contributed by atoms with van der Waals surface area (Å²) < 4.78 is 0. The summed E-state index contributed by atoms with van der Waals surface area (Å²) in [6.45, 7) is 4.72. The minimum absolute atomic E-state index is 0.189. The Balaban J connectivity index is 1.51. The molecule has 2 saturated heterocycles. The van der Waals surface area contributed by atoms with Gasteiger partial charge in [-0.3, -0.25) is 4.90 Å². The highest BCUT2D eigenvalue weighted by atomic mass is 16.2. The molecular weight excluding hydrogens is 288 g/mol. The summed E-state index contributed by atoms with van der Waals surface area (Å²) in [5.41, 5.74) is 1.35. The Hall–Kier alpha value is -1.59. The van der Waals surface area contributed by atoms with Crippen molar-refractivity contribution < 1.29 is 4.79 Å². The van der Waals surface area contributed by atoms with Crippen molar-refractivity contribution in [3.8, 4) is 0 Å². The molecule has 2 amide bonds. The molecule has 126 valence electrons. The third-order valence-electron chi connectivity index (χ3n) is 5.21. The summed E-state index contributed by atoms with van der Waals surface area (Å²) in [5.74, 6) is 0. The van der Waals surface area contributed by atoms with Crippen LogP contribution in [0.5, 0.6) is 0 Å². The molecule has 3 rings (SSSR count). The number of carbonyl (C=O) groups excluding carboxylic acids is 1. The van der Waals surface area contributed by atoms with E-state index in [9.17, 15) is 4.79 Å². The van der Waals surface area contributed by atoms with Crippen LogP contribution in [0.25, 0.3) is 0 Å². The second-order valence-electron chi connectivity index (χ2n) is 6.78. The topological polar surface area (TPSA) is 38.8 Å². The standard InChI is InChI=1S/C18H28N4O/c1-19-16-8-11-22(13-16)18(23)20(2)17-9-10-21(14-17)12-15-6-4-3-5-7-15/h3-7,16-17,19H,8-14H2,1-2H3/t16-,17+/m0/s1. The van der Waals surface area contributed by atoms with Crippen molar-refractivity contribution in [2.75, 3.05) is 40.3 Å². The van der Waals surface area contributed by atoms with Crippen LogP contribution in [0.4, 0.5) is 4.79 Å². The Kier molecular flexibility index (Phi) is 5.18. The largest absolute Gasteiger partial charge is 0.323 e. The minimum Gasteiger partial charge on any atom is -0.323 e. The summed E-state index contributed by atoms with van der Waals surface area (Å²) in [6, 6.07) is 11.5. The normalized spacial score (nSPS) is 25.0. The van der Waals surface area contributed by atoms with Crippen molar-refractivity contribution in [2.24, 2.45) is 0 Å². The number of nitrogens with one attached hydrogen (secondary N) is 1.